The first-order valence-corrected chi connectivity index (χ1v) is 11.9. The minimum atomic E-state index is -0.213. The first kappa shape index (κ1) is 29.1. The first-order chi connectivity index (χ1) is 14.0. The van der Waals surface area contributed by atoms with E-state index >= 15 is 0 Å². The van der Waals surface area contributed by atoms with Crippen molar-refractivity contribution in [2.75, 3.05) is 42.4 Å². The lowest BCUT2D eigenvalue weighted by atomic mass is 10.3. The van der Waals surface area contributed by atoms with Crippen LogP contribution in [-0.2, 0) is 9.47 Å². The second kappa shape index (κ2) is 15.9. The predicted molar refractivity (Wildman–Crippen MR) is 133 cm³/mol. The quantitative estimate of drug-likeness (QED) is 0.240. The lowest BCUT2D eigenvalue weighted by Gasteiger charge is -2.19. The molecule has 2 heterocycles. The second-order valence-corrected chi connectivity index (χ2v) is 11.1. The summed E-state index contributed by atoms with van der Waals surface area (Å²) in [5, 5.41) is 0. The molecule has 2 rings (SSSR count). The van der Waals surface area contributed by atoms with Gasteiger partial charge in [0, 0.05) is 40.6 Å². The number of hydrogen-bond donors (Lipinski definition) is 0. The zero-order valence-electron chi connectivity index (χ0n) is 18.1. The lowest BCUT2D eigenvalue weighted by molar-refractivity contribution is -0.179. The molecule has 30 heavy (non-hydrogen) atoms. The number of nitrogens with zero attached hydrogens (tertiary/aromatic N) is 2. The molecule has 0 atom stereocenters. The van der Waals surface area contributed by atoms with E-state index < -0.39 is 0 Å². The number of thiophene rings is 2. The topological polar surface area (TPSA) is 59.1 Å². The number of hydrogen-bond acceptors (Lipinski definition) is 8. The molecular formula is C20H28Br2N2O4S2. The van der Waals surface area contributed by atoms with Gasteiger partial charge in [0.1, 0.15) is 0 Å². The van der Waals surface area contributed by atoms with Crippen LogP contribution in [-0.4, -0.2) is 70.2 Å². The minimum Gasteiger partial charge on any atom is -0.383 e. The summed E-state index contributed by atoms with van der Waals surface area (Å²) in [6.45, 7) is 1.57. The molecule has 0 aromatic carbocycles. The number of ether oxygens (including phenoxy) is 2. The first-order valence-electron chi connectivity index (χ1n) is 8.64. The largest absolute Gasteiger partial charge is 0.383 e. The Labute approximate surface area is 203 Å². The van der Waals surface area contributed by atoms with E-state index in [0.29, 0.717) is 0 Å². The van der Waals surface area contributed by atoms with Crippen LogP contribution < -0.4 is 0 Å². The van der Waals surface area contributed by atoms with Crippen molar-refractivity contribution in [1.82, 2.24) is 9.80 Å². The highest BCUT2D eigenvalue weighted by molar-refractivity contribution is 9.11. The van der Waals surface area contributed by atoms with Gasteiger partial charge in [-0.2, -0.15) is 0 Å². The highest BCUT2D eigenvalue weighted by atomic mass is 79.9. The van der Waals surface area contributed by atoms with Gasteiger partial charge in [0.05, 0.1) is 17.3 Å². The molecule has 168 valence electrons. The number of halogens is 2. The third-order valence-corrected chi connectivity index (χ3v) is 6.45. The summed E-state index contributed by atoms with van der Waals surface area (Å²) in [7, 11) is 10.7. The summed E-state index contributed by atoms with van der Waals surface area (Å²) in [5.41, 5.74) is 0. The third-order valence-electron chi connectivity index (χ3n) is 3.09. The Morgan fingerprint density at radius 3 is 1.63 bits per heavy atom. The number of carbonyl (C=O) groups excluding carboxylic acids is 2. The van der Waals surface area contributed by atoms with Crippen LogP contribution in [0.5, 0.6) is 0 Å². The fourth-order valence-electron chi connectivity index (χ4n) is 1.77. The summed E-state index contributed by atoms with van der Waals surface area (Å²) >= 11 is 9.49. The van der Waals surface area contributed by atoms with Crippen molar-refractivity contribution in [1.29, 1.82) is 0 Å². The fourth-order valence-corrected chi connectivity index (χ4v) is 4.35. The van der Waals surface area contributed by atoms with E-state index in [-0.39, 0.29) is 18.0 Å². The second-order valence-electron chi connectivity index (χ2n) is 6.15. The minimum absolute atomic E-state index is 0.0457. The zero-order valence-corrected chi connectivity index (χ0v) is 22.9. The molecule has 0 saturated heterocycles. The number of rotatable bonds is 7. The molecule has 0 bridgehead atoms. The van der Waals surface area contributed by atoms with Crippen LogP contribution in [0.25, 0.3) is 0 Å². The number of ketones is 2. The monoisotopic (exact) mass is 582 g/mol. The molecular weight excluding hydrogens is 556 g/mol. The Kier molecular flexibility index (Phi) is 15.4. The van der Waals surface area contributed by atoms with Gasteiger partial charge in [-0.15, -0.1) is 22.7 Å². The fraction of sp³-hybridized carbons (Fsp3) is 0.400. The van der Waals surface area contributed by atoms with Crippen LogP contribution >= 0.6 is 54.5 Å². The van der Waals surface area contributed by atoms with Gasteiger partial charge in [0.15, 0.2) is 11.6 Å². The van der Waals surface area contributed by atoms with Crippen molar-refractivity contribution in [3.63, 3.8) is 0 Å². The Bertz CT molecular complexity index is 800. The molecule has 6 nitrogen and oxygen atoms in total. The molecule has 0 aliphatic rings. The summed E-state index contributed by atoms with van der Waals surface area (Å²) in [6, 6.07) is 7.39. The Morgan fingerprint density at radius 1 is 0.933 bits per heavy atom. The molecule has 0 radical (unpaired) electrons. The van der Waals surface area contributed by atoms with Crippen LogP contribution in [0, 0.1) is 0 Å². The van der Waals surface area contributed by atoms with Gasteiger partial charge in [-0.25, -0.2) is 0 Å². The molecule has 0 aliphatic carbocycles. The van der Waals surface area contributed by atoms with Gasteiger partial charge < -0.3 is 14.4 Å². The van der Waals surface area contributed by atoms with Crippen molar-refractivity contribution in [3.05, 3.63) is 53.9 Å². The number of Topliss-reactive ketones (excluding diaryl/α,β-unsaturated/α-hetero) is 1. The normalized spacial score (nSPS) is 10.5. The van der Waals surface area contributed by atoms with Crippen LogP contribution in [0.1, 0.15) is 26.3 Å². The zero-order chi connectivity index (χ0) is 23.3. The van der Waals surface area contributed by atoms with Crippen LogP contribution in [0.15, 0.2) is 44.1 Å². The standard InChI is InChI=1S/C9H10BrNOS.C6H5BrOS.C5H13NO2/c1-11(2)6-5-7(12)8-3-4-9(10)13-8;1-4(8)5-2-3-6(7)9-5;1-6(2)5(7-3)8-4/h3-6H,1-2H3;2-3H,1H3;5H,1-4H3/b6-5+;;. The van der Waals surface area contributed by atoms with Crippen LogP contribution in [0.3, 0.4) is 0 Å². The summed E-state index contributed by atoms with van der Waals surface area (Å²) in [5.74, 6) is 0.176. The highest BCUT2D eigenvalue weighted by Gasteiger charge is 2.05. The molecule has 0 spiro atoms. The van der Waals surface area contributed by atoms with Gasteiger partial charge in [-0.1, -0.05) is 0 Å². The maximum atomic E-state index is 11.4. The predicted octanol–water partition coefficient (Wildman–Crippen LogP) is 5.61. The number of methoxy groups -OCH3 is 2. The summed E-state index contributed by atoms with van der Waals surface area (Å²) < 4.78 is 11.7. The molecule has 0 N–H and O–H groups in total. The van der Waals surface area contributed by atoms with Crippen molar-refractivity contribution < 1.29 is 19.1 Å². The average molecular weight is 584 g/mol. The third kappa shape index (κ3) is 12.7. The van der Waals surface area contributed by atoms with E-state index in [1.165, 1.54) is 22.7 Å². The van der Waals surface area contributed by atoms with Crippen LogP contribution in [0.2, 0.25) is 0 Å². The summed E-state index contributed by atoms with van der Waals surface area (Å²) in [4.78, 5) is 27.3. The average Bonchev–Trinajstić information content (AvgIpc) is 3.30. The molecule has 2 aromatic heterocycles. The molecule has 0 saturated carbocycles. The molecule has 10 heteroatoms. The molecule has 0 amide bonds. The molecule has 2 aromatic rings. The lowest BCUT2D eigenvalue weighted by Crippen LogP contribution is -2.30. The van der Waals surface area contributed by atoms with Gasteiger partial charge >= 0.3 is 0 Å². The maximum absolute atomic E-state index is 11.4. The van der Waals surface area contributed by atoms with Gasteiger partial charge in [0.25, 0.3) is 0 Å². The van der Waals surface area contributed by atoms with Crippen molar-refractivity contribution in [2.24, 2.45) is 0 Å². The van der Waals surface area contributed by atoms with E-state index in [1.807, 2.05) is 62.3 Å². The smallest absolute Gasteiger partial charge is 0.217 e. The van der Waals surface area contributed by atoms with E-state index in [0.717, 1.165) is 17.3 Å². The molecule has 0 unspecified atom stereocenters. The Balaban J connectivity index is 0.000000438. The van der Waals surface area contributed by atoms with Crippen LogP contribution in [0.4, 0.5) is 0 Å². The van der Waals surface area contributed by atoms with Gasteiger partial charge in [0.2, 0.25) is 6.41 Å². The van der Waals surface area contributed by atoms with Gasteiger partial charge in [-0.05, 0) is 77.1 Å². The molecule has 0 fully saturated rings. The number of allylic oxidation sites excluding steroid dienone is 1. The van der Waals surface area contributed by atoms with Crippen molar-refractivity contribution in [2.45, 2.75) is 13.3 Å². The van der Waals surface area contributed by atoms with Crippen molar-refractivity contribution in [3.8, 4) is 0 Å². The summed E-state index contributed by atoms with van der Waals surface area (Å²) in [6.07, 6.45) is 3.10. The van der Waals surface area contributed by atoms with Crippen molar-refractivity contribution >= 4 is 66.1 Å². The highest BCUT2D eigenvalue weighted by Crippen LogP contribution is 2.23. The van der Waals surface area contributed by atoms with E-state index in [2.05, 4.69) is 31.9 Å². The number of carbonyl (C=O) groups is 2. The Hall–Kier alpha value is -0.880. The SMILES string of the molecule is CC(=O)c1ccc(Br)s1.CN(C)/C=C/C(=O)c1ccc(Br)s1.COC(OC)N(C)C. The van der Waals surface area contributed by atoms with E-state index in [4.69, 9.17) is 9.47 Å². The molecule has 0 aliphatic heterocycles. The van der Waals surface area contributed by atoms with E-state index in [1.54, 1.807) is 33.4 Å². The van der Waals surface area contributed by atoms with Gasteiger partial charge in [-0.3, -0.25) is 14.5 Å². The Morgan fingerprint density at radius 2 is 1.40 bits per heavy atom. The van der Waals surface area contributed by atoms with E-state index in [9.17, 15) is 9.59 Å². The maximum Gasteiger partial charge on any atom is 0.217 e.